The molecule has 0 spiro atoms. The number of hydrogen-bond donors (Lipinski definition) is 0. The maximum absolute atomic E-state index is 3.77. The molecule has 2 aromatic rings. The Balaban J connectivity index is -0.000000149. The van der Waals surface area contributed by atoms with Crippen LogP contribution in [0.3, 0.4) is 0 Å². The van der Waals surface area contributed by atoms with E-state index in [4.69, 9.17) is 0 Å². The van der Waals surface area contributed by atoms with Crippen LogP contribution in [0.4, 0.5) is 11.4 Å². The largest absolute Gasteiger partial charge is 2.00 e. The number of halogens is 2. The van der Waals surface area contributed by atoms with Crippen LogP contribution in [0.1, 0.15) is 38.8 Å². The molecule has 0 N–H and O–H groups in total. The van der Waals surface area contributed by atoms with Gasteiger partial charge < -0.3 is 9.80 Å². The van der Waals surface area contributed by atoms with Crippen molar-refractivity contribution < 1.29 is 21.1 Å². The van der Waals surface area contributed by atoms with Gasteiger partial charge in [0, 0.05) is 48.6 Å². The third-order valence-corrected chi connectivity index (χ3v) is 2.95. The van der Waals surface area contributed by atoms with Gasteiger partial charge in [0.2, 0.25) is 0 Å². The van der Waals surface area contributed by atoms with Crippen LogP contribution in [-0.4, -0.2) is 14.1 Å². The molecule has 2 aromatic carbocycles. The normalized spacial score (nSPS) is 7.70. The fourth-order valence-corrected chi connectivity index (χ4v) is 1.60. The molecule has 0 aliphatic heterocycles. The summed E-state index contributed by atoms with van der Waals surface area (Å²) >= 11 is 4.24. The van der Waals surface area contributed by atoms with Gasteiger partial charge in [0.15, 0.2) is 0 Å². The molecular formula is C22H36I2N2W. The summed E-state index contributed by atoms with van der Waals surface area (Å²) in [4.78, 5) is 3.69. The van der Waals surface area contributed by atoms with Crippen molar-refractivity contribution in [2.75, 3.05) is 23.9 Å². The van der Waals surface area contributed by atoms with E-state index in [2.05, 4.69) is 114 Å². The minimum absolute atomic E-state index is 0. The van der Waals surface area contributed by atoms with E-state index in [0.717, 1.165) is 11.4 Å². The van der Waals surface area contributed by atoms with E-state index in [1.807, 2.05) is 51.6 Å². The van der Waals surface area contributed by atoms with Crippen LogP contribution < -0.4 is 9.80 Å². The van der Waals surface area contributed by atoms with Gasteiger partial charge in [0.1, 0.15) is 0 Å². The topological polar surface area (TPSA) is 6.48 Å². The van der Waals surface area contributed by atoms with Crippen LogP contribution in [0, 0.1) is 27.9 Å². The number of anilines is 2. The third-order valence-electron chi connectivity index (χ3n) is 2.95. The molecule has 0 saturated heterocycles. The molecule has 0 aliphatic rings. The number of nitrogens with zero attached hydrogens (tertiary/aromatic N) is 2. The summed E-state index contributed by atoms with van der Waals surface area (Å²) in [6, 6.07) is 16.6. The molecule has 5 heteroatoms. The van der Waals surface area contributed by atoms with Crippen LogP contribution in [0.5, 0.6) is 0 Å². The average Bonchev–Trinajstić information content (AvgIpc) is 2.68. The molecule has 0 fully saturated rings. The SMILES string of the molecule is CC.CC.II.[CH2-]N(C)c1ccc(C)cc1.[CH2-]N(C)c1ccc(C)cc1.[W+2]. The maximum atomic E-state index is 3.77. The monoisotopic (exact) mass is 766 g/mol. The predicted molar refractivity (Wildman–Crippen MR) is 141 cm³/mol. The Morgan fingerprint density at radius 2 is 0.778 bits per heavy atom. The molecule has 0 unspecified atom stereocenters. The van der Waals surface area contributed by atoms with Crippen molar-refractivity contribution in [1.82, 2.24) is 0 Å². The van der Waals surface area contributed by atoms with E-state index in [-0.39, 0.29) is 21.1 Å². The van der Waals surface area contributed by atoms with Crippen molar-refractivity contribution in [2.24, 2.45) is 0 Å². The zero-order valence-electron chi connectivity index (χ0n) is 18.1. The average molecular weight is 766 g/mol. The number of aryl methyl sites for hydroxylation is 2. The van der Waals surface area contributed by atoms with Crippen LogP contribution in [0.2, 0.25) is 0 Å². The van der Waals surface area contributed by atoms with E-state index >= 15 is 0 Å². The first-order valence-corrected chi connectivity index (χ1v) is 15.0. The van der Waals surface area contributed by atoms with Gasteiger partial charge in [-0.25, -0.2) is 0 Å². The van der Waals surface area contributed by atoms with E-state index in [0.29, 0.717) is 0 Å². The van der Waals surface area contributed by atoms with Gasteiger partial charge in [-0.05, 0) is 52.2 Å². The van der Waals surface area contributed by atoms with Crippen molar-refractivity contribution in [3.05, 3.63) is 73.8 Å². The number of benzene rings is 2. The number of hydrogen-bond acceptors (Lipinski definition) is 2. The molecule has 0 saturated carbocycles. The molecule has 2 rings (SSSR count). The van der Waals surface area contributed by atoms with Crippen molar-refractivity contribution >= 4 is 48.6 Å². The third kappa shape index (κ3) is 19.3. The Kier molecular flexibility index (Phi) is 31.1. The van der Waals surface area contributed by atoms with Gasteiger partial charge in [-0.3, -0.25) is 14.1 Å². The van der Waals surface area contributed by atoms with E-state index in [1.54, 1.807) is 0 Å². The first-order chi connectivity index (χ1) is 12.4. The Hall–Kier alpha value is 0.188. The Morgan fingerprint density at radius 3 is 0.926 bits per heavy atom. The molecule has 2 nitrogen and oxygen atoms in total. The molecule has 154 valence electrons. The number of rotatable bonds is 2. The fraction of sp³-hybridized carbons (Fsp3) is 0.364. The van der Waals surface area contributed by atoms with E-state index < -0.39 is 0 Å². The molecule has 0 radical (unpaired) electrons. The fourth-order valence-electron chi connectivity index (χ4n) is 1.60. The van der Waals surface area contributed by atoms with Crippen molar-refractivity contribution in [2.45, 2.75) is 41.5 Å². The van der Waals surface area contributed by atoms with E-state index in [9.17, 15) is 0 Å². The van der Waals surface area contributed by atoms with Gasteiger partial charge in [-0.2, -0.15) is 0 Å². The second-order valence-corrected chi connectivity index (χ2v) is 5.07. The maximum Gasteiger partial charge on any atom is 2.00 e. The summed E-state index contributed by atoms with van der Waals surface area (Å²) in [5.74, 6) is 0. The molecule has 0 amide bonds. The standard InChI is InChI=1S/2C9H12N.2C2H6.I2.W/c2*1-8-4-6-9(7-5-8)10(2)3;3*1-2;/h2*4-7H,2H2,1,3H3;2*1-2H3;;/q2*-1;;;;+2. The zero-order chi connectivity index (χ0) is 21.1. The summed E-state index contributed by atoms with van der Waals surface area (Å²) in [5.41, 5.74) is 4.85. The molecule has 0 heterocycles. The van der Waals surface area contributed by atoms with Crippen molar-refractivity contribution in [3.8, 4) is 0 Å². The van der Waals surface area contributed by atoms with Gasteiger partial charge in [0.05, 0.1) is 0 Å². The summed E-state index contributed by atoms with van der Waals surface area (Å²) < 4.78 is 0. The Bertz CT molecular complexity index is 463. The Morgan fingerprint density at radius 1 is 0.593 bits per heavy atom. The minimum atomic E-state index is 0. The molecular weight excluding hydrogens is 730 g/mol. The quantitative estimate of drug-likeness (QED) is 0.225. The second-order valence-electron chi connectivity index (χ2n) is 5.07. The smallest absolute Gasteiger partial charge is 0.528 e. The predicted octanol–water partition coefficient (Wildman–Crippen LogP) is 8.27. The van der Waals surface area contributed by atoms with Crippen molar-refractivity contribution in [3.63, 3.8) is 0 Å². The molecule has 0 aromatic heterocycles. The molecule has 0 aliphatic carbocycles. The molecule has 0 atom stereocenters. The van der Waals surface area contributed by atoms with Crippen LogP contribution in [0.15, 0.2) is 48.5 Å². The van der Waals surface area contributed by atoms with Crippen LogP contribution in [0.25, 0.3) is 0 Å². The zero-order valence-corrected chi connectivity index (χ0v) is 25.3. The van der Waals surface area contributed by atoms with Crippen molar-refractivity contribution in [1.29, 1.82) is 0 Å². The summed E-state index contributed by atoms with van der Waals surface area (Å²) in [5, 5.41) is 0. The summed E-state index contributed by atoms with van der Waals surface area (Å²) in [6.45, 7) is 12.2. The molecule has 0 bridgehead atoms. The minimum Gasteiger partial charge on any atom is -0.528 e. The first kappa shape index (κ1) is 34.7. The van der Waals surface area contributed by atoms with Gasteiger partial charge in [0.25, 0.3) is 0 Å². The van der Waals surface area contributed by atoms with Crippen LogP contribution >= 0.6 is 37.2 Å². The Labute approximate surface area is 207 Å². The first-order valence-electron chi connectivity index (χ1n) is 8.76. The van der Waals surface area contributed by atoms with Crippen LogP contribution in [-0.2, 0) is 21.1 Å². The van der Waals surface area contributed by atoms with Gasteiger partial charge in [-0.15, -0.1) is 0 Å². The molecule has 27 heavy (non-hydrogen) atoms. The summed E-state index contributed by atoms with van der Waals surface area (Å²) in [6.07, 6.45) is 0. The second kappa shape index (κ2) is 24.2. The van der Waals surface area contributed by atoms with Gasteiger partial charge >= 0.3 is 21.1 Å². The van der Waals surface area contributed by atoms with Gasteiger partial charge in [-0.1, -0.05) is 63.1 Å². The van der Waals surface area contributed by atoms with E-state index in [1.165, 1.54) is 11.1 Å². The summed E-state index contributed by atoms with van der Waals surface area (Å²) in [7, 11) is 11.4.